The molecule has 1 aromatic carbocycles. The lowest BCUT2D eigenvalue weighted by Crippen LogP contribution is -2.42. The summed E-state index contributed by atoms with van der Waals surface area (Å²) in [5, 5.41) is 6.18. The van der Waals surface area contributed by atoms with Gasteiger partial charge in [-0.1, -0.05) is 24.1 Å². The molecule has 1 aliphatic heterocycles. The number of amides is 2. The molecule has 0 unspecified atom stereocenters. The molecule has 2 atom stereocenters. The van der Waals surface area contributed by atoms with E-state index in [9.17, 15) is 9.59 Å². The molecule has 194 valence electrons. The van der Waals surface area contributed by atoms with Crippen molar-refractivity contribution in [3.63, 3.8) is 0 Å². The van der Waals surface area contributed by atoms with E-state index in [-0.39, 0.29) is 36.4 Å². The molecule has 3 aromatic rings. The van der Waals surface area contributed by atoms with E-state index in [1.807, 2.05) is 11.5 Å². The van der Waals surface area contributed by atoms with Crippen LogP contribution >= 0.6 is 11.6 Å². The molecule has 1 fully saturated rings. The Labute approximate surface area is 235 Å². The summed E-state index contributed by atoms with van der Waals surface area (Å²) in [5.41, 5.74) is 8.17. The number of carbonyl (C=O) groups excluding carboxylic acids is 2. The molecule has 2 amide bonds. The van der Waals surface area contributed by atoms with Gasteiger partial charge in [0, 0.05) is 25.7 Å². The summed E-state index contributed by atoms with van der Waals surface area (Å²) in [7, 11) is 18.3. The van der Waals surface area contributed by atoms with Gasteiger partial charge in [-0.15, -0.1) is 0 Å². The van der Waals surface area contributed by atoms with E-state index in [1.54, 1.807) is 35.1 Å². The van der Waals surface area contributed by atoms with Gasteiger partial charge in [-0.05, 0) is 42.8 Å². The number of carbonyl (C=O) groups is 2. The minimum atomic E-state index is -1.86. The van der Waals surface area contributed by atoms with Crippen molar-refractivity contribution < 1.29 is 14.3 Å². The Bertz CT molecular complexity index is 1500. The summed E-state index contributed by atoms with van der Waals surface area (Å²) >= 11 is 6.50. The fourth-order valence-corrected chi connectivity index (χ4v) is 4.87. The van der Waals surface area contributed by atoms with Crippen LogP contribution in [0, 0.1) is 11.8 Å². The Balaban J connectivity index is 1.72. The molecule has 3 heterocycles. The molecule has 10 nitrogen and oxygen atoms in total. The molecule has 0 bridgehead atoms. The van der Waals surface area contributed by atoms with Crippen LogP contribution < -0.4 is 11.1 Å². The second-order valence-corrected chi connectivity index (χ2v) is 9.54. The molecule has 0 saturated carbocycles. The molecule has 4 rings (SSSR count). The van der Waals surface area contributed by atoms with E-state index < -0.39 is 17.2 Å². The maximum absolute atomic E-state index is 12.6. The Morgan fingerprint density at radius 2 is 2.10 bits per heavy atom. The molecule has 39 heavy (non-hydrogen) atoms. The number of hydrogen-bond acceptors (Lipinski definition) is 6. The highest BCUT2D eigenvalue weighted by molar-refractivity contribution is 6.58. The van der Waals surface area contributed by atoms with Gasteiger partial charge in [0.2, 0.25) is 5.91 Å². The van der Waals surface area contributed by atoms with E-state index in [0.29, 0.717) is 22.8 Å². The van der Waals surface area contributed by atoms with Gasteiger partial charge in [0.05, 0.1) is 64.6 Å². The average molecular weight is 539 g/mol. The number of ether oxygens (including phenoxy) is 1. The van der Waals surface area contributed by atoms with Gasteiger partial charge in [0.25, 0.3) is 5.91 Å². The van der Waals surface area contributed by atoms with Crippen LogP contribution in [0.15, 0.2) is 31.1 Å². The van der Waals surface area contributed by atoms with Crippen LogP contribution in [0.5, 0.6) is 0 Å². The SMILES string of the molecule is [B]C([B])([B])OC[C@H]1C[C@H](n2nc(C#Cc3cc4ncn(CC)c4cc3Cl)c(C(N)=O)c2NC)CN1C(=O)C=C. The van der Waals surface area contributed by atoms with Gasteiger partial charge in [-0.25, -0.2) is 9.67 Å². The smallest absolute Gasteiger partial charge is 0.255 e. The molecule has 0 aliphatic carbocycles. The lowest BCUT2D eigenvalue weighted by molar-refractivity contribution is -0.128. The van der Waals surface area contributed by atoms with Crippen molar-refractivity contribution in [3.05, 3.63) is 53.0 Å². The molecular weight excluding hydrogens is 514 g/mol. The number of nitrogens with one attached hydrogen (secondary N) is 1. The molecule has 3 N–H and O–H groups in total. The number of aromatic nitrogens is 4. The van der Waals surface area contributed by atoms with Gasteiger partial charge < -0.3 is 25.3 Å². The van der Waals surface area contributed by atoms with Crippen LogP contribution in [0.1, 0.15) is 41.0 Å². The van der Waals surface area contributed by atoms with Crippen molar-refractivity contribution in [1.82, 2.24) is 24.2 Å². The third kappa shape index (κ3) is 5.87. The van der Waals surface area contributed by atoms with Crippen LogP contribution in [0.25, 0.3) is 11.0 Å². The van der Waals surface area contributed by atoms with Crippen LogP contribution in [0.3, 0.4) is 0 Å². The van der Waals surface area contributed by atoms with Crippen LogP contribution in [-0.4, -0.2) is 91.1 Å². The van der Waals surface area contributed by atoms with E-state index in [0.717, 1.165) is 17.6 Å². The maximum Gasteiger partial charge on any atom is 0.255 e. The second-order valence-electron chi connectivity index (χ2n) is 9.14. The third-order valence-corrected chi connectivity index (χ3v) is 6.79. The van der Waals surface area contributed by atoms with Crippen molar-refractivity contribution in [2.45, 2.75) is 37.3 Å². The van der Waals surface area contributed by atoms with Crippen molar-refractivity contribution in [2.75, 3.05) is 25.5 Å². The Morgan fingerprint density at radius 3 is 2.72 bits per heavy atom. The second kappa shape index (κ2) is 11.2. The topological polar surface area (TPSA) is 120 Å². The highest BCUT2D eigenvalue weighted by atomic mass is 35.5. The monoisotopic (exact) mass is 539 g/mol. The largest absolute Gasteiger partial charge is 0.401 e. The van der Waals surface area contributed by atoms with E-state index in [1.165, 1.54) is 6.08 Å². The lowest BCUT2D eigenvalue weighted by atomic mass is 9.52. The molecular formula is C25H25B3ClN7O3. The maximum atomic E-state index is 12.6. The highest BCUT2D eigenvalue weighted by Crippen LogP contribution is 2.33. The first-order valence-corrected chi connectivity index (χ1v) is 12.5. The Morgan fingerprint density at radius 1 is 1.36 bits per heavy atom. The van der Waals surface area contributed by atoms with Crippen molar-refractivity contribution in [2.24, 2.45) is 5.73 Å². The summed E-state index contributed by atoms with van der Waals surface area (Å²) in [6.07, 6.45) is 3.34. The summed E-state index contributed by atoms with van der Waals surface area (Å²) in [6, 6.07) is 2.79. The van der Waals surface area contributed by atoms with Crippen molar-refractivity contribution in [3.8, 4) is 11.8 Å². The van der Waals surface area contributed by atoms with Gasteiger partial charge in [0.15, 0.2) is 5.69 Å². The van der Waals surface area contributed by atoms with Crippen LogP contribution in [0.2, 0.25) is 5.02 Å². The van der Waals surface area contributed by atoms with Gasteiger partial charge in [0.1, 0.15) is 11.4 Å². The predicted octanol–water partition coefficient (Wildman–Crippen LogP) is 0.908. The zero-order valence-electron chi connectivity index (χ0n) is 21.6. The minimum absolute atomic E-state index is 0.0140. The predicted molar refractivity (Wildman–Crippen MR) is 152 cm³/mol. The number of imidazole rings is 1. The molecule has 2 aromatic heterocycles. The zero-order valence-corrected chi connectivity index (χ0v) is 22.4. The number of nitrogens with two attached hydrogens (primary N) is 1. The third-order valence-electron chi connectivity index (χ3n) is 6.48. The van der Waals surface area contributed by atoms with Crippen molar-refractivity contribution >= 4 is 63.8 Å². The lowest BCUT2D eigenvalue weighted by Gasteiger charge is -2.28. The van der Waals surface area contributed by atoms with E-state index >= 15 is 0 Å². The van der Waals surface area contributed by atoms with Crippen LogP contribution in [0.4, 0.5) is 5.82 Å². The zero-order chi connectivity index (χ0) is 28.5. The standard InChI is InChI=1S/C25H25B3ClN7O3/c1-4-21(37)35-11-15(9-16(35)12-39-25(26,27)28)36-24(31-3)22(23(30)38)18(33-36)7-6-14-8-19-20(10-17(14)29)34(5-2)13-32-19/h4,8,10,13,15-16,31H,1,5,9,11-12H2,2-3H3,(H2,30,38)/t15-,16+/m0/s1. The fourth-order valence-electron chi connectivity index (χ4n) is 4.67. The van der Waals surface area contributed by atoms with E-state index in [4.69, 9.17) is 45.6 Å². The normalized spacial score (nSPS) is 17.2. The van der Waals surface area contributed by atoms with E-state index in [2.05, 4.69) is 33.8 Å². The number of halogens is 1. The van der Waals surface area contributed by atoms with Crippen molar-refractivity contribution in [1.29, 1.82) is 0 Å². The first-order valence-electron chi connectivity index (χ1n) is 12.2. The fraction of sp³-hybridized carbons (Fsp3) is 0.360. The Hall–Kier alpha value is -3.62. The number of hydrogen-bond donors (Lipinski definition) is 2. The van der Waals surface area contributed by atoms with Gasteiger partial charge in [-0.3, -0.25) is 9.59 Å². The number of likely N-dealkylation sites (tertiary alicyclic amines) is 1. The molecule has 14 heteroatoms. The Kier molecular flexibility index (Phi) is 8.19. The number of anilines is 1. The summed E-state index contributed by atoms with van der Waals surface area (Å²) in [6.45, 7) is 6.56. The van der Waals surface area contributed by atoms with Gasteiger partial charge in [-0.2, -0.15) is 5.10 Å². The number of fused-ring (bicyclic) bond motifs is 1. The molecule has 6 radical (unpaired) electrons. The van der Waals surface area contributed by atoms with Gasteiger partial charge >= 0.3 is 0 Å². The number of aryl methyl sites for hydroxylation is 1. The number of primary amides is 1. The first kappa shape index (κ1) is 28.4. The molecule has 0 spiro atoms. The van der Waals surface area contributed by atoms with Crippen LogP contribution in [-0.2, 0) is 16.1 Å². The number of rotatable bonds is 8. The number of nitrogens with zero attached hydrogens (tertiary/aromatic N) is 5. The highest BCUT2D eigenvalue weighted by Gasteiger charge is 2.38. The average Bonchev–Trinajstić information content (AvgIpc) is 3.59. The first-order chi connectivity index (χ1) is 18.5. The quantitative estimate of drug-likeness (QED) is 0.250. The molecule has 1 aliphatic rings. The number of benzene rings is 1. The molecule has 1 saturated heterocycles. The summed E-state index contributed by atoms with van der Waals surface area (Å²) < 4.78 is 8.90. The minimum Gasteiger partial charge on any atom is -0.401 e. The summed E-state index contributed by atoms with van der Waals surface area (Å²) in [4.78, 5) is 31.0. The summed E-state index contributed by atoms with van der Waals surface area (Å²) in [5.74, 6) is 5.28.